The van der Waals surface area contributed by atoms with Crippen LogP contribution in [-0.2, 0) is 4.79 Å². The highest BCUT2D eigenvalue weighted by Crippen LogP contribution is 2.20. The summed E-state index contributed by atoms with van der Waals surface area (Å²) in [7, 11) is 0. The fraction of sp³-hybridized carbons (Fsp3) is 0.375. The predicted octanol–water partition coefficient (Wildman–Crippen LogP) is 0.872. The highest BCUT2D eigenvalue weighted by molar-refractivity contribution is 5.96. The summed E-state index contributed by atoms with van der Waals surface area (Å²) in [5.41, 5.74) is 0.560. The van der Waals surface area contributed by atoms with Gasteiger partial charge in [0.1, 0.15) is 0 Å². The van der Waals surface area contributed by atoms with Gasteiger partial charge in [-0.1, -0.05) is 23.4 Å². The summed E-state index contributed by atoms with van der Waals surface area (Å²) in [6.07, 6.45) is 5.21. The van der Waals surface area contributed by atoms with Crippen LogP contribution < -0.4 is 5.32 Å². The van der Waals surface area contributed by atoms with Crippen LogP contribution in [0.25, 0.3) is 0 Å². The molecule has 2 aromatic rings. The van der Waals surface area contributed by atoms with Gasteiger partial charge in [0.25, 0.3) is 5.91 Å². The zero-order valence-corrected chi connectivity index (χ0v) is 12.8. The summed E-state index contributed by atoms with van der Waals surface area (Å²) in [6.45, 7) is 1.37. The molecule has 1 aromatic heterocycles. The number of hydrogen-bond donors (Lipinski definition) is 1. The second kappa shape index (κ2) is 7.04. The summed E-state index contributed by atoms with van der Waals surface area (Å²) in [5.74, 6) is -0.275. The topological polar surface area (TPSA) is 80.1 Å². The standard InChI is InChI=1S/C16H19N5O2/c22-15(12-17-16(23)13-4-2-1-3-5-13)20-9-6-14(7-10-20)21-11-8-18-19-21/h1-5,8,11,14H,6-7,9-10,12H2,(H,17,23). The van der Waals surface area contributed by atoms with Gasteiger partial charge in [-0.3, -0.25) is 9.59 Å². The molecule has 7 nitrogen and oxygen atoms in total. The van der Waals surface area contributed by atoms with Crippen molar-refractivity contribution in [2.24, 2.45) is 0 Å². The molecule has 0 radical (unpaired) electrons. The molecule has 1 fully saturated rings. The van der Waals surface area contributed by atoms with E-state index in [1.807, 2.05) is 16.9 Å². The lowest BCUT2D eigenvalue weighted by atomic mass is 10.1. The fourth-order valence-corrected chi connectivity index (χ4v) is 2.75. The molecule has 1 aliphatic rings. The molecule has 120 valence electrons. The van der Waals surface area contributed by atoms with E-state index < -0.39 is 0 Å². The van der Waals surface area contributed by atoms with Crippen LogP contribution in [0.3, 0.4) is 0 Å². The summed E-state index contributed by atoms with van der Waals surface area (Å²) in [4.78, 5) is 25.9. The van der Waals surface area contributed by atoms with Gasteiger partial charge in [-0.2, -0.15) is 0 Å². The number of carbonyl (C=O) groups is 2. The Bertz CT molecular complexity index is 648. The van der Waals surface area contributed by atoms with Crippen LogP contribution in [-0.4, -0.2) is 51.3 Å². The van der Waals surface area contributed by atoms with Gasteiger partial charge in [-0.05, 0) is 25.0 Å². The van der Waals surface area contributed by atoms with E-state index >= 15 is 0 Å². The molecule has 3 rings (SSSR count). The quantitative estimate of drug-likeness (QED) is 0.908. The number of aromatic nitrogens is 3. The van der Waals surface area contributed by atoms with Crippen molar-refractivity contribution in [2.45, 2.75) is 18.9 Å². The van der Waals surface area contributed by atoms with Gasteiger partial charge in [-0.25, -0.2) is 4.68 Å². The van der Waals surface area contributed by atoms with E-state index in [4.69, 9.17) is 0 Å². The number of amides is 2. The Morgan fingerprint density at radius 2 is 1.91 bits per heavy atom. The minimum absolute atomic E-state index is 0.0295. The molecule has 2 amide bonds. The molecule has 23 heavy (non-hydrogen) atoms. The molecule has 1 aromatic carbocycles. The van der Waals surface area contributed by atoms with E-state index in [9.17, 15) is 9.59 Å². The molecule has 1 aliphatic heterocycles. The molecule has 1 saturated heterocycles. The molecule has 0 atom stereocenters. The Morgan fingerprint density at radius 3 is 2.57 bits per heavy atom. The number of carbonyl (C=O) groups excluding carboxylic acids is 2. The second-order valence-corrected chi connectivity index (χ2v) is 5.54. The first-order chi connectivity index (χ1) is 11.2. The van der Waals surface area contributed by atoms with Gasteiger partial charge in [-0.15, -0.1) is 5.10 Å². The SMILES string of the molecule is O=C(NCC(=O)N1CCC(n2ccnn2)CC1)c1ccccc1. The third-order valence-electron chi connectivity index (χ3n) is 4.07. The van der Waals surface area contributed by atoms with Gasteiger partial charge in [0.05, 0.1) is 18.8 Å². The Morgan fingerprint density at radius 1 is 1.17 bits per heavy atom. The van der Waals surface area contributed by atoms with Crippen LogP contribution in [0.4, 0.5) is 0 Å². The van der Waals surface area contributed by atoms with E-state index in [-0.39, 0.29) is 18.4 Å². The first kappa shape index (κ1) is 15.2. The number of likely N-dealkylation sites (tertiary alicyclic amines) is 1. The Hall–Kier alpha value is -2.70. The maximum Gasteiger partial charge on any atom is 0.251 e. The lowest BCUT2D eigenvalue weighted by Gasteiger charge is -2.31. The van der Waals surface area contributed by atoms with E-state index in [1.165, 1.54) is 0 Å². The van der Waals surface area contributed by atoms with Gasteiger partial charge < -0.3 is 10.2 Å². The van der Waals surface area contributed by atoms with Crippen LogP contribution in [0.2, 0.25) is 0 Å². The third kappa shape index (κ3) is 3.74. The lowest BCUT2D eigenvalue weighted by molar-refractivity contribution is -0.131. The number of rotatable bonds is 4. The average Bonchev–Trinajstić information content (AvgIpc) is 3.15. The summed E-state index contributed by atoms with van der Waals surface area (Å²) >= 11 is 0. The van der Waals surface area contributed by atoms with Gasteiger partial charge in [0, 0.05) is 24.8 Å². The first-order valence-electron chi connectivity index (χ1n) is 7.71. The Labute approximate surface area is 134 Å². The number of piperidine rings is 1. The third-order valence-corrected chi connectivity index (χ3v) is 4.07. The van der Waals surface area contributed by atoms with Crippen molar-refractivity contribution in [3.8, 4) is 0 Å². The van der Waals surface area contributed by atoms with Crippen molar-refractivity contribution < 1.29 is 9.59 Å². The Balaban J connectivity index is 1.45. The zero-order chi connectivity index (χ0) is 16.1. The molecular formula is C16H19N5O2. The highest BCUT2D eigenvalue weighted by atomic mass is 16.2. The van der Waals surface area contributed by atoms with Crippen molar-refractivity contribution in [1.82, 2.24) is 25.2 Å². The zero-order valence-electron chi connectivity index (χ0n) is 12.8. The van der Waals surface area contributed by atoms with Crippen LogP contribution in [0.15, 0.2) is 42.7 Å². The second-order valence-electron chi connectivity index (χ2n) is 5.54. The fourth-order valence-electron chi connectivity index (χ4n) is 2.75. The van der Waals surface area contributed by atoms with Crippen LogP contribution >= 0.6 is 0 Å². The monoisotopic (exact) mass is 313 g/mol. The van der Waals surface area contributed by atoms with Crippen molar-refractivity contribution in [1.29, 1.82) is 0 Å². The predicted molar refractivity (Wildman–Crippen MR) is 83.6 cm³/mol. The Kier molecular flexibility index (Phi) is 4.65. The molecule has 7 heteroatoms. The van der Waals surface area contributed by atoms with Crippen molar-refractivity contribution in [2.75, 3.05) is 19.6 Å². The molecule has 2 heterocycles. The van der Waals surface area contributed by atoms with E-state index in [0.29, 0.717) is 24.7 Å². The minimum atomic E-state index is -0.226. The smallest absolute Gasteiger partial charge is 0.251 e. The lowest BCUT2D eigenvalue weighted by Crippen LogP contribution is -2.44. The minimum Gasteiger partial charge on any atom is -0.343 e. The van der Waals surface area contributed by atoms with Gasteiger partial charge in [0.15, 0.2) is 0 Å². The van der Waals surface area contributed by atoms with Gasteiger partial charge >= 0.3 is 0 Å². The largest absolute Gasteiger partial charge is 0.343 e. The molecular weight excluding hydrogens is 294 g/mol. The van der Waals surface area contributed by atoms with Crippen LogP contribution in [0.1, 0.15) is 29.2 Å². The molecule has 0 spiro atoms. The molecule has 0 saturated carbocycles. The van der Waals surface area contributed by atoms with E-state index in [1.54, 1.807) is 35.4 Å². The van der Waals surface area contributed by atoms with E-state index in [0.717, 1.165) is 12.8 Å². The number of nitrogens with zero attached hydrogens (tertiary/aromatic N) is 4. The number of benzene rings is 1. The van der Waals surface area contributed by atoms with Crippen LogP contribution in [0, 0.1) is 0 Å². The van der Waals surface area contributed by atoms with Gasteiger partial charge in [0.2, 0.25) is 5.91 Å². The maximum absolute atomic E-state index is 12.2. The van der Waals surface area contributed by atoms with Crippen molar-refractivity contribution >= 4 is 11.8 Å². The number of nitrogens with one attached hydrogen (secondary N) is 1. The normalized spacial score (nSPS) is 15.4. The number of hydrogen-bond acceptors (Lipinski definition) is 4. The summed E-state index contributed by atoms with van der Waals surface area (Å²) < 4.78 is 1.85. The molecule has 1 N–H and O–H groups in total. The molecule has 0 unspecified atom stereocenters. The molecule has 0 bridgehead atoms. The van der Waals surface area contributed by atoms with Crippen LogP contribution in [0.5, 0.6) is 0 Å². The highest BCUT2D eigenvalue weighted by Gasteiger charge is 2.24. The van der Waals surface area contributed by atoms with Crippen molar-refractivity contribution in [3.05, 3.63) is 48.3 Å². The average molecular weight is 313 g/mol. The maximum atomic E-state index is 12.2. The summed E-state index contributed by atoms with van der Waals surface area (Å²) in [5, 5.41) is 10.5. The molecule has 0 aliphatic carbocycles. The summed E-state index contributed by atoms with van der Waals surface area (Å²) in [6, 6.07) is 9.19. The van der Waals surface area contributed by atoms with Crippen molar-refractivity contribution in [3.63, 3.8) is 0 Å². The van der Waals surface area contributed by atoms with E-state index in [2.05, 4.69) is 15.6 Å². The first-order valence-corrected chi connectivity index (χ1v) is 7.71.